The third-order valence-corrected chi connectivity index (χ3v) is 3.63. The minimum atomic E-state index is -0.206. The lowest BCUT2D eigenvalue weighted by molar-refractivity contribution is 0.0987. The van der Waals surface area contributed by atoms with E-state index in [1.165, 1.54) is 21.3 Å². The van der Waals surface area contributed by atoms with E-state index in [2.05, 4.69) is 0 Å². The van der Waals surface area contributed by atoms with Crippen molar-refractivity contribution in [2.75, 3.05) is 32.8 Å². The second kappa shape index (κ2) is 7.59. The molecule has 6 heteroatoms. The Hall–Kier alpha value is -2.89. The molecule has 128 valence electrons. The van der Waals surface area contributed by atoms with Gasteiger partial charge in [0.05, 0.1) is 21.3 Å². The van der Waals surface area contributed by atoms with Crippen LogP contribution in [-0.4, -0.2) is 38.9 Å². The number of ether oxygens (including phenoxy) is 3. The summed E-state index contributed by atoms with van der Waals surface area (Å²) in [6.45, 7) is 2.35. The molecule has 0 unspecified atom stereocenters. The van der Waals surface area contributed by atoms with Gasteiger partial charge in [-0.2, -0.15) is 0 Å². The van der Waals surface area contributed by atoms with E-state index in [0.29, 0.717) is 35.0 Å². The van der Waals surface area contributed by atoms with Crippen LogP contribution in [0.2, 0.25) is 0 Å². The Morgan fingerprint density at radius 3 is 1.96 bits per heavy atom. The van der Waals surface area contributed by atoms with E-state index in [1.807, 2.05) is 6.92 Å². The molecule has 24 heavy (non-hydrogen) atoms. The van der Waals surface area contributed by atoms with Gasteiger partial charge in [0.15, 0.2) is 11.5 Å². The predicted molar refractivity (Wildman–Crippen MR) is 91.6 cm³/mol. The molecule has 0 saturated heterocycles. The van der Waals surface area contributed by atoms with Gasteiger partial charge in [-0.1, -0.05) is 0 Å². The second-order valence-electron chi connectivity index (χ2n) is 4.98. The summed E-state index contributed by atoms with van der Waals surface area (Å²) in [5, 5.41) is 9.41. The Kier molecular flexibility index (Phi) is 5.52. The molecule has 2 rings (SSSR count). The molecule has 0 atom stereocenters. The van der Waals surface area contributed by atoms with Crippen molar-refractivity contribution >= 4 is 11.6 Å². The third-order valence-electron chi connectivity index (χ3n) is 3.63. The number of phenols is 1. The Balaban J connectivity index is 2.45. The fraction of sp³-hybridized carbons (Fsp3) is 0.278. The van der Waals surface area contributed by atoms with Gasteiger partial charge in [-0.05, 0) is 43.3 Å². The maximum Gasteiger partial charge on any atom is 0.258 e. The van der Waals surface area contributed by atoms with Crippen molar-refractivity contribution in [3.63, 3.8) is 0 Å². The number of hydrogen-bond donors (Lipinski definition) is 1. The van der Waals surface area contributed by atoms with Crippen LogP contribution in [0.4, 0.5) is 5.69 Å². The molecular formula is C18H21NO5. The number of rotatable bonds is 6. The van der Waals surface area contributed by atoms with Crippen LogP contribution in [0.5, 0.6) is 23.0 Å². The van der Waals surface area contributed by atoms with Gasteiger partial charge in [-0.3, -0.25) is 4.79 Å². The molecule has 0 spiro atoms. The first-order valence-electron chi connectivity index (χ1n) is 7.46. The summed E-state index contributed by atoms with van der Waals surface area (Å²) < 4.78 is 15.9. The zero-order valence-corrected chi connectivity index (χ0v) is 14.2. The van der Waals surface area contributed by atoms with Crippen molar-refractivity contribution in [2.24, 2.45) is 0 Å². The monoisotopic (exact) mass is 331 g/mol. The molecule has 0 aliphatic heterocycles. The van der Waals surface area contributed by atoms with E-state index in [-0.39, 0.29) is 11.7 Å². The van der Waals surface area contributed by atoms with Crippen LogP contribution in [-0.2, 0) is 0 Å². The van der Waals surface area contributed by atoms with Crippen LogP contribution < -0.4 is 19.1 Å². The summed E-state index contributed by atoms with van der Waals surface area (Å²) in [5.74, 6) is 1.21. The largest absolute Gasteiger partial charge is 0.508 e. The van der Waals surface area contributed by atoms with Crippen molar-refractivity contribution in [3.05, 3.63) is 42.0 Å². The highest BCUT2D eigenvalue weighted by Gasteiger charge is 2.21. The number of carbonyl (C=O) groups excluding carboxylic acids is 1. The van der Waals surface area contributed by atoms with E-state index >= 15 is 0 Å². The van der Waals surface area contributed by atoms with E-state index in [4.69, 9.17) is 14.2 Å². The predicted octanol–water partition coefficient (Wildman–Crippen LogP) is 3.08. The number of nitrogens with zero attached hydrogens (tertiary/aromatic N) is 1. The average molecular weight is 331 g/mol. The van der Waals surface area contributed by atoms with Gasteiger partial charge in [-0.15, -0.1) is 0 Å². The van der Waals surface area contributed by atoms with Crippen molar-refractivity contribution in [3.8, 4) is 23.0 Å². The van der Waals surface area contributed by atoms with Crippen LogP contribution in [0.3, 0.4) is 0 Å². The Morgan fingerprint density at radius 2 is 1.54 bits per heavy atom. The molecule has 0 fully saturated rings. The summed E-state index contributed by atoms with van der Waals surface area (Å²) in [6.07, 6.45) is 0. The van der Waals surface area contributed by atoms with Crippen molar-refractivity contribution < 1.29 is 24.1 Å². The highest BCUT2D eigenvalue weighted by molar-refractivity contribution is 6.06. The SMILES string of the molecule is CCN(C(=O)c1cc(OC)c(OC)c(OC)c1)c1ccc(O)cc1. The minimum absolute atomic E-state index is 0.148. The maximum absolute atomic E-state index is 12.9. The Bertz CT molecular complexity index is 687. The van der Waals surface area contributed by atoms with E-state index in [9.17, 15) is 9.90 Å². The lowest BCUT2D eigenvalue weighted by atomic mass is 10.1. The highest BCUT2D eigenvalue weighted by atomic mass is 16.5. The number of aromatic hydroxyl groups is 1. The van der Waals surface area contributed by atoms with Crippen molar-refractivity contribution in [2.45, 2.75) is 6.92 Å². The fourth-order valence-electron chi connectivity index (χ4n) is 2.44. The lowest BCUT2D eigenvalue weighted by Crippen LogP contribution is -2.30. The fourth-order valence-corrected chi connectivity index (χ4v) is 2.44. The highest BCUT2D eigenvalue weighted by Crippen LogP contribution is 2.38. The molecule has 1 N–H and O–H groups in total. The topological polar surface area (TPSA) is 68.2 Å². The van der Waals surface area contributed by atoms with Crippen LogP contribution in [0.1, 0.15) is 17.3 Å². The first kappa shape index (κ1) is 17.5. The Labute approximate surface area is 141 Å². The molecule has 0 radical (unpaired) electrons. The van der Waals surface area contributed by atoms with Crippen molar-refractivity contribution in [1.82, 2.24) is 0 Å². The summed E-state index contributed by atoms with van der Waals surface area (Å²) in [4.78, 5) is 14.5. The first-order chi connectivity index (χ1) is 11.5. The second-order valence-corrected chi connectivity index (χ2v) is 4.98. The van der Waals surface area contributed by atoms with Gasteiger partial charge in [0.25, 0.3) is 5.91 Å². The van der Waals surface area contributed by atoms with E-state index < -0.39 is 0 Å². The summed E-state index contributed by atoms with van der Waals surface area (Å²) in [5.41, 5.74) is 1.11. The molecule has 0 aliphatic rings. The zero-order chi connectivity index (χ0) is 17.7. The van der Waals surface area contributed by atoms with Crippen LogP contribution in [0.15, 0.2) is 36.4 Å². The van der Waals surface area contributed by atoms with E-state index in [1.54, 1.807) is 41.3 Å². The average Bonchev–Trinajstić information content (AvgIpc) is 2.62. The summed E-state index contributed by atoms with van der Waals surface area (Å²) in [7, 11) is 4.52. The number of benzene rings is 2. The number of amides is 1. The number of hydrogen-bond acceptors (Lipinski definition) is 5. The van der Waals surface area contributed by atoms with Gasteiger partial charge >= 0.3 is 0 Å². The van der Waals surface area contributed by atoms with E-state index in [0.717, 1.165) is 0 Å². The smallest absolute Gasteiger partial charge is 0.258 e. The molecule has 2 aromatic rings. The number of phenolic OH excluding ortho intramolecular Hbond substituents is 1. The van der Waals surface area contributed by atoms with Crippen LogP contribution in [0, 0.1) is 0 Å². The number of carbonyl (C=O) groups is 1. The van der Waals surface area contributed by atoms with Crippen LogP contribution in [0.25, 0.3) is 0 Å². The maximum atomic E-state index is 12.9. The quantitative estimate of drug-likeness (QED) is 0.881. The summed E-state index contributed by atoms with van der Waals surface area (Å²) in [6, 6.07) is 9.70. The van der Waals surface area contributed by atoms with Gasteiger partial charge in [-0.25, -0.2) is 0 Å². The first-order valence-corrected chi connectivity index (χ1v) is 7.46. The van der Waals surface area contributed by atoms with Crippen molar-refractivity contribution in [1.29, 1.82) is 0 Å². The molecule has 0 heterocycles. The molecule has 0 aliphatic carbocycles. The summed E-state index contributed by atoms with van der Waals surface area (Å²) >= 11 is 0. The van der Waals surface area contributed by atoms with Gasteiger partial charge in [0, 0.05) is 17.8 Å². The van der Waals surface area contributed by atoms with Gasteiger partial charge in [0.2, 0.25) is 5.75 Å². The molecule has 0 aromatic heterocycles. The molecule has 6 nitrogen and oxygen atoms in total. The lowest BCUT2D eigenvalue weighted by Gasteiger charge is -2.22. The third kappa shape index (κ3) is 3.37. The molecule has 1 amide bonds. The number of anilines is 1. The van der Waals surface area contributed by atoms with Gasteiger partial charge in [0.1, 0.15) is 5.75 Å². The molecule has 2 aromatic carbocycles. The zero-order valence-electron chi connectivity index (χ0n) is 14.2. The van der Waals surface area contributed by atoms with Gasteiger partial charge < -0.3 is 24.2 Å². The minimum Gasteiger partial charge on any atom is -0.508 e. The molecule has 0 bridgehead atoms. The Morgan fingerprint density at radius 1 is 1.00 bits per heavy atom. The number of methoxy groups -OCH3 is 3. The molecule has 0 saturated carbocycles. The molecular weight excluding hydrogens is 310 g/mol. The van der Waals surface area contributed by atoms with Crippen LogP contribution >= 0.6 is 0 Å². The normalized spacial score (nSPS) is 10.2. The standard InChI is InChI=1S/C18H21NO5/c1-5-19(13-6-8-14(20)9-7-13)18(21)12-10-15(22-2)17(24-4)16(11-12)23-3/h6-11,20H,5H2,1-4H3.